The molecule has 6 heteroatoms. The molecule has 2 heterocycles. The van der Waals surface area contributed by atoms with Crippen LogP contribution in [0.2, 0.25) is 4.34 Å². The third kappa shape index (κ3) is 5.58. The summed E-state index contributed by atoms with van der Waals surface area (Å²) in [5.74, 6) is 0.297. The lowest BCUT2D eigenvalue weighted by atomic mass is 10.1. The van der Waals surface area contributed by atoms with E-state index in [2.05, 4.69) is 11.0 Å². The number of halogens is 1. The van der Waals surface area contributed by atoms with Gasteiger partial charge >= 0.3 is 0 Å². The van der Waals surface area contributed by atoms with Gasteiger partial charge in [0.2, 0.25) is 5.91 Å². The van der Waals surface area contributed by atoms with Gasteiger partial charge in [0.05, 0.1) is 4.34 Å². The Hall–Kier alpha value is -0.620. The summed E-state index contributed by atoms with van der Waals surface area (Å²) in [5.41, 5.74) is 5.46. The van der Waals surface area contributed by atoms with Crippen LogP contribution in [0.1, 0.15) is 30.6 Å². The highest BCUT2D eigenvalue weighted by Crippen LogP contribution is 2.23. The van der Waals surface area contributed by atoms with Crippen LogP contribution >= 0.6 is 22.9 Å². The Kier molecular flexibility index (Phi) is 6.96. The topological polar surface area (TPSA) is 49.6 Å². The molecule has 1 aromatic rings. The number of nitrogens with zero attached hydrogens (tertiary/aromatic N) is 2. The van der Waals surface area contributed by atoms with Crippen molar-refractivity contribution >= 4 is 28.8 Å². The molecule has 1 saturated heterocycles. The second kappa shape index (κ2) is 8.73. The Labute approximate surface area is 135 Å². The van der Waals surface area contributed by atoms with E-state index in [-0.39, 0.29) is 0 Å². The average Bonchev–Trinajstić information content (AvgIpc) is 2.89. The molecule has 0 aromatic carbocycles. The number of carbonyl (C=O) groups is 1. The molecule has 1 aliphatic heterocycles. The molecule has 1 aliphatic rings. The average molecular weight is 330 g/mol. The third-order valence-corrected chi connectivity index (χ3v) is 5.04. The number of unbranched alkanes of at least 4 members (excludes halogenated alkanes) is 2. The van der Waals surface area contributed by atoms with Gasteiger partial charge < -0.3 is 10.6 Å². The van der Waals surface area contributed by atoms with Crippen LogP contribution in [0.5, 0.6) is 0 Å². The Morgan fingerprint density at radius 3 is 2.57 bits per heavy atom. The maximum atomic E-state index is 12.1. The number of hydrogen-bond donors (Lipinski definition) is 1. The zero-order chi connectivity index (χ0) is 15.1. The van der Waals surface area contributed by atoms with Gasteiger partial charge in [-0.1, -0.05) is 18.0 Å². The van der Waals surface area contributed by atoms with E-state index in [1.54, 1.807) is 11.3 Å². The van der Waals surface area contributed by atoms with Crippen molar-refractivity contribution in [2.45, 2.75) is 32.2 Å². The molecular weight excluding hydrogens is 306 g/mol. The quantitative estimate of drug-likeness (QED) is 0.782. The van der Waals surface area contributed by atoms with Gasteiger partial charge in [-0.05, 0) is 31.5 Å². The van der Waals surface area contributed by atoms with Crippen molar-refractivity contribution in [1.29, 1.82) is 0 Å². The van der Waals surface area contributed by atoms with Crippen LogP contribution in [0.25, 0.3) is 0 Å². The maximum Gasteiger partial charge on any atom is 0.222 e. The van der Waals surface area contributed by atoms with Gasteiger partial charge in [-0.15, -0.1) is 11.3 Å². The predicted octanol–water partition coefficient (Wildman–Crippen LogP) is 2.56. The number of rotatable bonds is 7. The first kappa shape index (κ1) is 16.7. The van der Waals surface area contributed by atoms with Crippen LogP contribution < -0.4 is 5.73 Å². The first-order chi connectivity index (χ1) is 10.2. The first-order valence-electron chi connectivity index (χ1n) is 7.63. The second-order valence-corrected chi connectivity index (χ2v) is 7.26. The van der Waals surface area contributed by atoms with Crippen molar-refractivity contribution in [3.63, 3.8) is 0 Å². The Morgan fingerprint density at radius 1 is 1.19 bits per heavy atom. The molecule has 4 nitrogen and oxygen atoms in total. The van der Waals surface area contributed by atoms with E-state index in [0.29, 0.717) is 12.3 Å². The monoisotopic (exact) mass is 329 g/mol. The van der Waals surface area contributed by atoms with Crippen molar-refractivity contribution in [2.24, 2.45) is 5.73 Å². The highest BCUT2D eigenvalue weighted by molar-refractivity contribution is 7.16. The minimum Gasteiger partial charge on any atom is -0.340 e. The molecule has 0 bridgehead atoms. The van der Waals surface area contributed by atoms with Crippen molar-refractivity contribution in [3.8, 4) is 0 Å². The summed E-state index contributed by atoms with van der Waals surface area (Å²) in [6.45, 7) is 5.24. The smallest absolute Gasteiger partial charge is 0.222 e. The zero-order valence-corrected chi connectivity index (χ0v) is 14.0. The fourth-order valence-electron chi connectivity index (χ4n) is 2.57. The van der Waals surface area contributed by atoms with Crippen LogP contribution in [0, 0.1) is 0 Å². The molecule has 0 radical (unpaired) electrons. The first-order valence-corrected chi connectivity index (χ1v) is 8.83. The highest BCUT2D eigenvalue weighted by Gasteiger charge is 2.20. The minimum absolute atomic E-state index is 0.297. The van der Waals surface area contributed by atoms with Gasteiger partial charge in [0.25, 0.3) is 0 Å². The van der Waals surface area contributed by atoms with Gasteiger partial charge in [0, 0.05) is 44.0 Å². The van der Waals surface area contributed by atoms with Gasteiger partial charge in [-0.25, -0.2) is 0 Å². The lowest BCUT2D eigenvalue weighted by molar-refractivity contribution is -0.133. The summed E-state index contributed by atoms with van der Waals surface area (Å²) in [5, 5.41) is 0. The van der Waals surface area contributed by atoms with E-state index < -0.39 is 0 Å². The molecule has 0 atom stereocenters. The van der Waals surface area contributed by atoms with Crippen molar-refractivity contribution in [3.05, 3.63) is 21.3 Å². The molecule has 21 heavy (non-hydrogen) atoms. The number of amides is 1. The summed E-state index contributed by atoms with van der Waals surface area (Å²) < 4.78 is 0.844. The number of thiophene rings is 1. The molecule has 1 aromatic heterocycles. The van der Waals surface area contributed by atoms with Gasteiger partial charge in [-0.2, -0.15) is 0 Å². The van der Waals surface area contributed by atoms with Gasteiger partial charge in [0.15, 0.2) is 0 Å². The molecule has 0 aliphatic carbocycles. The van der Waals surface area contributed by atoms with Gasteiger partial charge in [-0.3, -0.25) is 9.69 Å². The fourth-order valence-corrected chi connectivity index (χ4v) is 3.70. The van der Waals surface area contributed by atoms with E-state index in [4.69, 9.17) is 17.3 Å². The Balaban J connectivity index is 1.66. The molecule has 1 fully saturated rings. The molecule has 2 rings (SSSR count). The van der Waals surface area contributed by atoms with E-state index in [1.165, 1.54) is 4.88 Å². The maximum absolute atomic E-state index is 12.1. The van der Waals surface area contributed by atoms with Crippen molar-refractivity contribution in [1.82, 2.24) is 9.80 Å². The van der Waals surface area contributed by atoms with Gasteiger partial charge in [0.1, 0.15) is 0 Å². The number of piperazine rings is 1. The Morgan fingerprint density at radius 2 is 1.95 bits per heavy atom. The summed E-state index contributed by atoms with van der Waals surface area (Å²) in [4.78, 5) is 17.8. The second-order valence-electron chi connectivity index (χ2n) is 5.46. The van der Waals surface area contributed by atoms with Crippen LogP contribution in [0.15, 0.2) is 12.1 Å². The molecular formula is C15H24ClN3OS. The summed E-state index contributed by atoms with van der Waals surface area (Å²) in [7, 11) is 0. The number of nitrogens with two attached hydrogens (primary N) is 1. The SMILES string of the molecule is NCCCCCC(=O)N1CCN(Cc2ccc(Cl)s2)CC1. The van der Waals surface area contributed by atoms with Crippen LogP contribution in [-0.2, 0) is 11.3 Å². The van der Waals surface area contributed by atoms with E-state index in [0.717, 1.165) is 62.9 Å². The molecule has 118 valence electrons. The molecule has 0 saturated carbocycles. The summed E-state index contributed by atoms with van der Waals surface area (Å²) >= 11 is 7.59. The largest absolute Gasteiger partial charge is 0.340 e. The van der Waals surface area contributed by atoms with E-state index in [1.807, 2.05) is 11.0 Å². The van der Waals surface area contributed by atoms with Crippen molar-refractivity contribution < 1.29 is 4.79 Å². The van der Waals surface area contributed by atoms with Crippen molar-refractivity contribution in [2.75, 3.05) is 32.7 Å². The standard InChI is InChI=1S/C15H24ClN3OS/c16-14-6-5-13(21-14)12-18-8-10-19(11-9-18)15(20)4-2-1-3-7-17/h5-6H,1-4,7-12,17H2. The van der Waals surface area contributed by atoms with Crippen LogP contribution in [0.4, 0.5) is 0 Å². The van der Waals surface area contributed by atoms with E-state index in [9.17, 15) is 4.79 Å². The third-order valence-electron chi connectivity index (χ3n) is 3.83. The lowest BCUT2D eigenvalue weighted by Gasteiger charge is -2.34. The Bertz CT molecular complexity index is 444. The number of hydrogen-bond acceptors (Lipinski definition) is 4. The predicted molar refractivity (Wildman–Crippen MR) is 88.7 cm³/mol. The normalized spacial score (nSPS) is 16.4. The molecule has 1 amide bonds. The summed E-state index contributed by atoms with van der Waals surface area (Å²) in [6.07, 6.45) is 3.70. The van der Waals surface area contributed by atoms with Crippen LogP contribution in [0.3, 0.4) is 0 Å². The molecule has 0 spiro atoms. The van der Waals surface area contributed by atoms with Crippen LogP contribution in [-0.4, -0.2) is 48.4 Å². The summed E-state index contributed by atoms with van der Waals surface area (Å²) in [6, 6.07) is 4.03. The zero-order valence-electron chi connectivity index (χ0n) is 12.4. The lowest BCUT2D eigenvalue weighted by Crippen LogP contribution is -2.48. The minimum atomic E-state index is 0.297. The number of carbonyl (C=O) groups excluding carboxylic acids is 1. The molecule has 0 unspecified atom stereocenters. The fraction of sp³-hybridized carbons (Fsp3) is 0.667. The highest BCUT2D eigenvalue weighted by atomic mass is 35.5. The van der Waals surface area contributed by atoms with E-state index >= 15 is 0 Å². The molecule has 2 N–H and O–H groups in total.